The first-order valence-electron chi connectivity index (χ1n) is 4.56. The predicted molar refractivity (Wildman–Crippen MR) is 52.1 cm³/mol. The van der Waals surface area contributed by atoms with Crippen molar-refractivity contribution >= 4 is 0 Å². The summed E-state index contributed by atoms with van der Waals surface area (Å²) in [6.07, 6.45) is 0. The molecule has 2 N–H and O–H groups in total. The van der Waals surface area contributed by atoms with E-state index in [1.54, 1.807) is 0 Å². The van der Waals surface area contributed by atoms with E-state index in [-0.39, 0.29) is 5.54 Å². The molecule has 0 radical (unpaired) electrons. The topological polar surface area (TPSA) is 35.2 Å². The van der Waals surface area contributed by atoms with Crippen LogP contribution in [0.4, 0.5) is 0 Å². The zero-order valence-electron chi connectivity index (χ0n) is 8.13. The van der Waals surface area contributed by atoms with E-state index in [9.17, 15) is 0 Å². The fraction of sp³-hybridized carbons (Fsp3) is 0.455. The minimum absolute atomic E-state index is 0.252. The van der Waals surface area contributed by atoms with Crippen LogP contribution in [0.3, 0.4) is 0 Å². The molecule has 1 aliphatic rings. The van der Waals surface area contributed by atoms with Gasteiger partial charge in [-0.2, -0.15) is 0 Å². The molecule has 1 heterocycles. The van der Waals surface area contributed by atoms with Crippen molar-refractivity contribution in [1.29, 1.82) is 0 Å². The maximum Gasteiger partial charge on any atom is 0.0725 e. The first kappa shape index (κ1) is 8.73. The molecule has 0 unspecified atom stereocenters. The second-order valence-electron chi connectivity index (χ2n) is 4.20. The molecule has 0 amide bonds. The van der Waals surface area contributed by atoms with Crippen LogP contribution in [-0.4, -0.2) is 0 Å². The molecule has 0 saturated heterocycles. The Hall–Kier alpha value is -0.860. The maximum absolute atomic E-state index is 6.01. The van der Waals surface area contributed by atoms with Gasteiger partial charge in [0.25, 0.3) is 0 Å². The fourth-order valence-corrected chi connectivity index (χ4v) is 1.57. The molecule has 0 saturated carbocycles. The van der Waals surface area contributed by atoms with E-state index in [1.807, 2.05) is 13.8 Å². The third kappa shape index (κ3) is 1.60. The van der Waals surface area contributed by atoms with Gasteiger partial charge in [0.05, 0.1) is 13.2 Å². The summed E-state index contributed by atoms with van der Waals surface area (Å²) >= 11 is 0. The molecule has 2 nitrogen and oxygen atoms in total. The summed E-state index contributed by atoms with van der Waals surface area (Å²) in [5.41, 5.74) is 9.52. The van der Waals surface area contributed by atoms with Gasteiger partial charge < -0.3 is 10.5 Å². The minimum atomic E-state index is -0.252. The Morgan fingerprint density at radius 2 is 1.92 bits per heavy atom. The average Bonchev–Trinajstić information content (AvgIpc) is 2.47. The van der Waals surface area contributed by atoms with Gasteiger partial charge >= 0.3 is 0 Å². The van der Waals surface area contributed by atoms with Crippen molar-refractivity contribution in [3.8, 4) is 0 Å². The van der Waals surface area contributed by atoms with Gasteiger partial charge in [0.15, 0.2) is 0 Å². The highest BCUT2D eigenvalue weighted by Gasteiger charge is 2.17. The highest BCUT2D eigenvalue weighted by atomic mass is 16.5. The monoisotopic (exact) mass is 177 g/mol. The molecule has 2 heteroatoms. The first-order chi connectivity index (χ1) is 6.07. The molecule has 0 spiro atoms. The molecular formula is C11H15NO. The lowest BCUT2D eigenvalue weighted by molar-refractivity contribution is 0.134. The molecule has 0 aromatic heterocycles. The maximum atomic E-state index is 6.01. The number of nitrogens with two attached hydrogens (primary N) is 1. The van der Waals surface area contributed by atoms with Gasteiger partial charge in [-0.1, -0.05) is 18.2 Å². The lowest BCUT2D eigenvalue weighted by atomic mass is 9.93. The number of hydrogen-bond acceptors (Lipinski definition) is 2. The zero-order valence-corrected chi connectivity index (χ0v) is 8.13. The third-order valence-electron chi connectivity index (χ3n) is 2.47. The van der Waals surface area contributed by atoms with Gasteiger partial charge in [-0.05, 0) is 30.5 Å². The summed E-state index contributed by atoms with van der Waals surface area (Å²) in [5, 5.41) is 0. The SMILES string of the molecule is CC(C)(N)c1ccc2c(c1)COC2. The molecule has 0 fully saturated rings. The zero-order chi connectivity index (χ0) is 9.47. The second kappa shape index (κ2) is 2.82. The molecule has 13 heavy (non-hydrogen) atoms. The summed E-state index contributed by atoms with van der Waals surface area (Å²) in [4.78, 5) is 0. The fourth-order valence-electron chi connectivity index (χ4n) is 1.57. The average molecular weight is 177 g/mol. The summed E-state index contributed by atoms with van der Waals surface area (Å²) in [6.45, 7) is 5.52. The van der Waals surface area contributed by atoms with Crippen molar-refractivity contribution in [3.05, 3.63) is 34.9 Å². The molecule has 0 atom stereocenters. The summed E-state index contributed by atoms with van der Waals surface area (Å²) in [5.74, 6) is 0. The molecule has 0 aliphatic carbocycles. The Balaban J connectivity index is 2.42. The van der Waals surface area contributed by atoms with E-state index in [1.165, 1.54) is 16.7 Å². The second-order valence-corrected chi connectivity index (χ2v) is 4.20. The van der Waals surface area contributed by atoms with Crippen molar-refractivity contribution in [2.45, 2.75) is 32.6 Å². The van der Waals surface area contributed by atoms with E-state index >= 15 is 0 Å². The van der Waals surface area contributed by atoms with Crippen LogP contribution in [0.15, 0.2) is 18.2 Å². The molecule has 0 bridgehead atoms. The van der Waals surface area contributed by atoms with Crippen LogP contribution in [0.2, 0.25) is 0 Å². The Kier molecular flexibility index (Phi) is 1.90. The van der Waals surface area contributed by atoms with Crippen molar-refractivity contribution < 1.29 is 4.74 Å². The van der Waals surface area contributed by atoms with Gasteiger partial charge in [-0.15, -0.1) is 0 Å². The summed E-state index contributed by atoms with van der Waals surface area (Å²) < 4.78 is 5.34. The summed E-state index contributed by atoms with van der Waals surface area (Å²) in [7, 11) is 0. The number of rotatable bonds is 1. The van der Waals surface area contributed by atoms with Crippen LogP contribution in [0.1, 0.15) is 30.5 Å². The van der Waals surface area contributed by atoms with Gasteiger partial charge in [0.2, 0.25) is 0 Å². The Labute approximate surface area is 78.7 Å². The molecule has 1 aromatic carbocycles. The van der Waals surface area contributed by atoms with Crippen LogP contribution >= 0.6 is 0 Å². The number of benzene rings is 1. The Morgan fingerprint density at radius 3 is 2.62 bits per heavy atom. The Bertz CT molecular complexity index is 325. The molecule has 1 aliphatic heterocycles. The lowest BCUT2D eigenvalue weighted by Crippen LogP contribution is -2.28. The lowest BCUT2D eigenvalue weighted by Gasteiger charge is -2.19. The van der Waals surface area contributed by atoms with Crippen LogP contribution in [-0.2, 0) is 23.5 Å². The normalized spacial score (nSPS) is 15.9. The highest BCUT2D eigenvalue weighted by molar-refractivity contribution is 5.35. The van der Waals surface area contributed by atoms with Crippen molar-refractivity contribution in [2.75, 3.05) is 0 Å². The summed E-state index contributed by atoms with van der Waals surface area (Å²) in [6, 6.07) is 6.36. The number of fused-ring (bicyclic) bond motifs is 1. The molecular weight excluding hydrogens is 162 g/mol. The van der Waals surface area contributed by atoms with Crippen molar-refractivity contribution in [3.63, 3.8) is 0 Å². The van der Waals surface area contributed by atoms with Gasteiger partial charge in [0.1, 0.15) is 0 Å². The third-order valence-corrected chi connectivity index (χ3v) is 2.47. The van der Waals surface area contributed by atoms with Crippen LogP contribution in [0, 0.1) is 0 Å². The number of hydrogen-bond donors (Lipinski definition) is 1. The number of ether oxygens (including phenoxy) is 1. The van der Waals surface area contributed by atoms with Gasteiger partial charge in [-0.3, -0.25) is 0 Å². The van der Waals surface area contributed by atoms with Gasteiger partial charge in [-0.25, -0.2) is 0 Å². The largest absolute Gasteiger partial charge is 0.372 e. The highest BCUT2D eigenvalue weighted by Crippen LogP contribution is 2.25. The van der Waals surface area contributed by atoms with Crippen LogP contribution in [0.5, 0.6) is 0 Å². The first-order valence-corrected chi connectivity index (χ1v) is 4.56. The molecule has 2 rings (SSSR count). The predicted octanol–water partition coefficient (Wildman–Crippen LogP) is 1.91. The standard InChI is InChI=1S/C11H15NO/c1-11(2,12)10-4-3-8-6-13-7-9(8)5-10/h3-5H,6-7,12H2,1-2H3. The van der Waals surface area contributed by atoms with Gasteiger partial charge in [0, 0.05) is 5.54 Å². The molecule has 1 aromatic rings. The van der Waals surface area contributed by atoms with Crippen LogP contribution in [0.25, 0.3) is 0 Å². The van der Waals surface area contributed by atoms with E-state index in [4.69, 9.17) is 10.5 Å². The van der Waals surface area contributed by atoms with E-state index in [2.05, 4.69) is 18.2 Å². The molecule has 70 valence electrons. The Morgan fingerprint density at radius 1 is 1.23 bits per heavy atom. The smallest absolute Gasteiger partial charge is 0.0725 e. The van der Waals surface area contributed by atoms with E-state index in [0.717, 1.165) is 13.2 Å². The minimum Gasteiger partial charge on any atom is -0.372 e. The van der Waals surface area contributed by atoms with E-state index < -0.39 is 0 Å². The quantitative estimate of drug-likeness (QED) is 0.711. The van der Waals surface area contributed by atoms with Crippen molar-refractivity contribution in [2.24, 2.45) is 5.73 Å². The van der Waals surface area contributed by atoms with Crippen molar-refractivity contribution in [1.82, 2.24) is 0 Å². The van der Waals surface area contributed by atoms with E-state index in [0.29, 0.717) is 0 Å². The van der Waals surface area contributed by atoms with Crippen LogP contribution < -0.4 is 5.73 Å².